The molecule has 4 heteroatoms. The highest BCUT2D eigenvalue weighted by Gasteiger charge is 2.10. The number of carbonyl (C=O) groups excluding carboxylic acids is 2. The van der Waals surface area contributed by atoms with Gasteiger partial charge in [0.05, 0.1) is 5.56 Å². The predicted molar refractivity (Wildman–Crippen MR) is 147 cm³/mol. The topological polar surface area (TPSA) is 55.4 Å². The number of hydrogen-bond donors (Lipinski definition) is 1. The summed E-state index contributed by atoms with van der Waals surface area (Å²) in [6.45, 7) is 0.106. The third kappa shape index (κ3) is 6.00. The van der Waals surface area contributed by atoms with Crippen molar-refractivity contribution in [1.82, 2.24) is 0 Å². The second-order valence-electron chi connectivity index (χ2n) is 8.62. The number of ether oxygens (including phenoxy) is 1. The van der Waals surface area contributed by atoms with Crippen molar-refractivity contribution in [2.75, 3.05) is 5.32 Å². The Hall–Kier alpha value is -4.96. The van der Waals surface area contributed by atoms with Crippen LogP contribution in [0.25, 0.3) is 22.3 Å². The molecule has 5 rings (SSSR count). The van der Waals surface area contributed by atoms with Crippen LogP contribution < -0.4 is 5.32 Å². The number of hydrogen-bond acceptors (Lipinski definition) is 3. The molecule has 5 aromatic carbocycles. The van der Waals surface area contributed by atoms with Gasteiger partial charge in [-0.1, -0.05) is 97.1 Å². The zero-order chi connectivity index (χ0) is 25.5. The summed E-state index contributed by atoms with van der Waals surface area (Å²) < 4.78 is 5.51. The highest BCUT2D eigenvalue weighted by Crippen LogP contribution is 2.21. The van der Waals surface area contributed by atoms with Crippen molar-refractivity contribution in [3.05, 3.63) is 150 Å². The van der Waals surface area contributed by atoms with E-state index >= 15 is 0 Å². The average Bonchev–Trinajstić information content (AvgIpc) is 2.97. The van der Waals surface area contributed by atoms with E-state index in [1.165, 1.54) is 0 Å². The molecule has 5 aromatic rings. The van der Waals surface area contributed by atoms with E-state index in [0.717, 1.165) is 27.8 Å². The summed E-state index contributed by atoms with van der Waals surface area (Å²) in [7, 11) is 0. The van der Waals surface area contributed by atoms with Gasteiger partial charge in [-0.15, -0.1) is 0 Å². The van der Waals surface area contributed by atoms with Crippen molar-refractivity contribution in [3.63, 3.8) is 0 Å². The first-order valence-electron chi connectivity index (χ1n) is 12.0. The lowest BCUT2D eigenvalue weighted by Crippen LogP contribution is -2.12. The first-order chi connectivity index (χ1) is 18.2. The van der Waals surface area contributed by atoms with Crippen LogP contribution in [0.1, 0.15) is 26.3 Å². The van der Waals surface area contributed by atoms with Gasteiger partial charge in [-0.2, -0.15) is 0 Å². The van der Waals surface area contributed by atoms with E-state index in [-0.39, 0.29) is 12.5 Å². The summed E-state index contributed by atoms with van der Waals surface area (Å²) in [5, 5.41) is 2.92. The number of anilines is 1. The Morgan fingerprint density at radius 3 is 1.62 bits per heavy atom. The largest absolute Gasteiger partial charge is 0.457 e. The van der Waals surface area contributed by atoms with Crippen molar-refractivity contribution in [2.24, 2.45) is 0 Å². The van der Waals surface area contributed by atoms with Gasteiger partial charge in [0, 0.05) is 11.3 Å². The van der Waals surface area contributed by atoms with Crippen molar-refractivity contribution >= 4 is 17.6 Å². The molecule has 0 radical (unpaired) electrons. The van der Waals surface area contributed by atoms with Crippen LogP contribution in [-0.4, -0.2) is 11.9 Å². The molecule has 0 spiro atoms. The van der Waals surface area contributed by atoms with Gasteiger partial charge in [-0.05, 0) is 64.2 Å². The van der Waals surface area contributed by atoms with Crippen LogP contribution in [-0.2, 0) is 11.3 Å². The lowest BCUT2D eigenvalue weighted by molar-refractivity contribution is 0.0472. The zero-order valence-corrected chi connectivity index (χ0v) is 20.1. The SMILES string of the molecule is O=C(Nc1cccc(COC(=O)c2ccc(-c3ccccc3)cc2)c1)c1ccc(-c2ccccc2)cc1. The fourth-order valence-corrected chi connectivity index (χ4v) is 4.05. The standard InChI is InChI=1S/C33H25NO3/c35-32(29-18-14-27(15-19-29)25-9-3-1-4-10-25)34-31-13-7-8-24(22-31)23-37-33(36)30-20-16-28(17-21-30)26-11-5-2-6-12-26/h1-22H,23H2,(H,34,35). The number of rotatable bonds is 7. The van der Waals surface area contributed by atoms with E-state index in [0.29, 0.717) is 16.8 Å². The monoisotopic (exact) mass is 483 g/mol. The molecular formula is C33H25NO3. The molecule has 180 valence electrons. The van der Waals surface area contributed by atoms with Gasteiger partial charge in [-0.3, -0.25) is 4.79 Å². The molecule has 0 unspecified atom stereocenters. The van der Waals surface area contributed by atoms with Crippen LogP contribution in [0.3, 0.4) is 0 Å². The molecule has 0 saturated heterocycles. The molecular weight excluding hydrogens is 458 g/mol. The second kappa shape index (κ2) is 11.2. The molecule has 0 atom stereocenters. The Morgan fingerprint density at radius 1 is 0.541 bits per heavy atom. The number of carbonyl (C=O) groups is 2. The van der Waals surface area contributed by atoms with Gasteiger partial charge < -0.3 is 10.1 Å². The van der Waals surface area contributed by atoms with E-state index in [9.17, 15) is 9.59 Å². The average molecular weight is 484 g/mol. The number of benzene rings is 5. The van der Waals surface area contributed by atoms with Crippen LogP contribution in [0.15, 0.2) is 133 Å². The fourth-order valence-electron chi connectivity index (χ4n) is 4.05. The van der Waals surface area contributed by atoms with Crippen LogP contribution >= 0.6 is 0 Å². The molecule has 0 aromatic heterocycles. The summed E-state index contributed by atoms with van der Waals surface area (Å²) in [5.41, 5.74) is 6.76. The van der Waals surface area contributed by atoms with Gasteiger partial charge >= 0.3 is 5.97 Å². The zero-order valence-electron chi connectivity index (χ0n) is 20.1. The molecule has 0 aliphatic carbocycles. The fraction of sp³-hybridized carbons (Fsp3) is 0.0303. The van der Waals surface area contributed by atoms with Crippen molar-refractivity contribution in [3.8, 4) is 22.3 Å². The third-order valence-electron chi connectivity index (χ3n) is 6.04. The lowest BCUT2D eigenvalue weighted by atomic mass is 10.0. The maximum atomic E-state index is 12.8. The molecule has 0 saturated carbocycles. The highest BCUT2D eigenvalue weighted by molar-refractivity contribution is 6.04. The van der Waals surface area contributed by atoms with Gasteiger partial charge in [-0.25, -0.2) is 4.79 Å². The van der Waals surface area contributed by atoms with Gasteiger partial charge in [0.25, 0.3) is 5.91 Å². The summed E-state index contributed by atoms with van der Waals surface area (Å²) in [6, 6.07) is 42.2. The number of nitrogens with one attached hydrogen (secondary N) is 1. The minimum atomic E-state index is -0.396. The van der Waals surface area contributed by atoms with Crippen LogP contribution in [0, 0.1) is 0 Å². The van der Waals surface area contributed by atoms with Crippen molar-refractivity contribution < 1.29 is 14.3 Å². The normalized spacial score (nSPS) is 10.5. The van der Waals surface area contributed by atoms with E-state index < -0.39 is 5.97 Å². The summed E-state index contributed by atoms with van der Waals surface area (Å²) in [5.74, 6) is -0.597. The van der Waals surface area contributed by atoms with Crippen LogP contribution in [0.4, 0.5) is 5.69 Å². The van der Waals surface area contributed by atoms with Gasteiger partial charge in [0.1, 0.15) is 6.61 Å². The van der Waals surface area contributed by atoms with Gasteiger partial charge in [0.15, 0.2) is 0 Å². The van der Waals surface area contributed by atoms with Crippen LogP contribution in [0.2, 0.25) is 0 Å². The van der Waals surface area contributed by atoms with E-state index in [4.69, 9.17) is 4.74 Å². The Morgan fingerprint density at radius 2 is 1.05 bits per heavy atom. The number of esters is 1. The summed E-state index contributed by atoms with van der Waals surface area (Å²) in [6.07, 6.45) is 0. The molecule has 0 aliphatic rings. The highest BCUT2D eigenvalue weighted by atomic mass is 16.5. The quantitative estimate of drug-likeness (QED) is 0.242. The first-order valence-corrected chi connectivity index (χ1v) is 12.0. The first kappa shape index (κ1) is 23.8. The van der Waals surface area contributed by atoms with Gasteiger partial charge in [0.2, 0.25) is 0 Å². The molecule has 1 N–H and O–H groups in total. The van der Waals surface area contributed by atoms with Crippen molar-refractivity contribution in [1.29, 1.82) is 0 Å². The summed E-state index contributed by atoms with van der Waals surface area (Å²) in [4.78, 5) is 25.3. The molecule has 0 fully saturated rings. The van der Waals surface area contributed by atoms with Crippen LogP contribution in [0.5, 0.6) is 0 Å². The smallest absolute Gasteiger partial charge is 0.338 e. The van der Waals surface area contributed by atoms with E-state index in [1.54, 1.807) is 12.1 Å². The lowest BCUT2D eigenvalue weighted by Gasteiger charge is -2.10. The Balaban J connectivity index is 1.18. The molecule has 37 heavy (non-hydrogen) atoms. The minimum absolute atomic E-state index is 0.106. The molecule has 1 amide bonds. The molecule has 0 bridgehead atoms. The molecule has 4 nitrogen and oxygen atoms in total. The second-order valence-corrected chi connectivity index (χ2v) is 8.62. The summed E-state index contributed by atoms with van der Waals surface area (Å²) >= 11 is 0. The Labute approximate surface area is 216 Å². The minimum Gasteiger partial charge on any atom is -0.457 e. The Kier molecular flexibility index (Phi) is 7.19. The maximum Gasteiger partial charge on any atom is 0.338 e. The Bertz CT molecular complexity index is 1490. The van der Waals surface area contributed by atoms with Crippen molar-refractivity contribution in [2.45, 2.75) is 6.61 Å². The third-order valence-corrected chi connectivity index (χ3v) is 6.04. The van der Waals surface area contributed by atoms with E-state index in [1.807, 2.05) is 121 Å². The van der Waals surface area contributed by atoms with E-state index in [2.05, 4.69) is 5.32 Å². The maximum absolute atomic E-state index is 12.8. The number of amides is 1. The predicted octanol–water partition coefficient (Wildman–Crippen LogP) is 7.63. The molecule has 0 heterocycles. The molecule has 0 aliphatic heterocycles.